The molecule has 2 saturated carbocycles. The zero-order valence-electron chi connectivity index (χ0n) is 12.7. The van der Waals surface area contributed by atoms with Crippen molar-refractivity contribution in [2.24, 2.45) is 5.92 Å². The molecule has 112 valence electrons. The molecule has 0 amide bonds. The number of nitrogens with one attached hydrogen (secondary N) is 1. The summed E-state index contributed by atoms with van der Waals surface area (Å²) in [5.41, 5.74) is 0. The molecule has 0 spiro atoms. The van der Waals surface area contributed by atoms with E-state index in [2.05, 4.69) is 34.7 Å². The van der Waals surface area contributed by atoms with Gasteiger partial charge in [0.2, 0.25) is 0 Å². The molecule has 1 N–H and O–H groups in total. The average molecular weight is 292 g/mol. The SMILES string of the molecule is CC1CCCC(NCCN(Cc2cccs2)C2CC2)C1. The van der Waals surface area contributed by atoms with E-state index >= 15 is 0 Å². The lowest BCUT2D eigenvalue weighted by Gasteiger charge is -2.29. The molecule has 0 aliphatic heterocycles. The summed E-state index contributed by atoms with van der Waals surface area (Å²) in [7, 11) is 0. The molecule has 0 bridgehead atoms. The maximum atomic E-state index is 3.81. The van der Waals surface area contributed by atoms with Gasteiger partial charge in [0, 0.05) is 36.6 Å². The second-order valence-corrected chi connectivity index (χ2v) is 7.74. The van der Waals surface area contributed by atoms with Gasteiger partial charge in [-0.05, 0) is 43.0 Å². The Hall–Kier alpha value is -0.380. The third-order valence-corrected chi connectivity index (χ3v) is 5.63. The molecule has 20 heavy (non-hydrogen) atoms. The fraction of sp³-hybridized carbons (Fsp3) is 0.765. The van der Waals surface area contributed by atoms with Crippen molar-refractivity contribution in [2.75, 3.05) is 13.1 Å². The highest BCUT2D eigenvalue weighted by atomic mass is 32.1. The molecule has 2 fully saturated rings. The van der Waals surface area contributed by atoms with E-state index in [4.69, 9.17) is 0 Å². The molecule has 2 unspecified atom stereocenters. The molecule has 2 nitrogen and oxygen atoms in total. The van der Waals surface area contributed by atoms with Crippen molar-refractivity contribution in [3.05, 3.63) is 22.4 Å². The first-order valence-electron chi connectivity index (χ1n) is 8.31. The first-order chi connectivity index (χ1) is 9.81. The summed E-state index contributed by atoms with van der Waals surface area (Å²) in [6, 6.07) is 6.09. The molecule has 2 aliphatic carbocycles. The second kappa shape index (κ2) is 7.06. The Morgan fingerprint density at radius 2 is 2.20 bits per heavy atom. The minimum Gasteiger partial charge on any atom is -0.313 e. The van der Waals surface area contributed by atoms with Crippen LogP contribution in [0.15, 0.2) is 17.5 Å². The molecule has 1 aromatic rings. The first-order valence-corrected chi connectivity index (χ1v) is 9.19. The molecule has 3 rings (SSSR count). The second-order valence-electron chi connectivity index (χ2n) is 6.70. The Bertz CT molecular complexity index is 386. The van der Waals surface area contributed by atoms with Crippen LogP contribution in [0.25, 0.3) is 0 Å². The molecular formula is C17H28N2S. The van der Waals surface area contributed by atoms with E-state index in [-0.39, 0.29) is 0 Å². The molecule has 1 heterocycles. The van der Waals surface area contributed by atoms with Crippen molar-refractivity contribution in [3.8, 4) is 0 Å². The van der Waals surface area contributed by atoms with Gasteiger partial charge in [-0.1, -0.05) is 25.8 Å². The van der Waals surface area contributed by atoms with Gasteiger partial charge in [0.25, 0.3) is 0 Å². The Morgan fingerprint density at radius 1 is 1.30 bits per heavy atom. The van der Waals surface area contributed by atoms with Gasteiger partial charge in [0.1, 0.15) is 0 Å². The smallest absolute Gasteiger partial charge is 0.0331 e. The standard InChI is InChI=1S/C17H28N2S/c1-14-4-2-5-15(12-14)18-9-10-19(16-7-8-16)13-17-6-3-11-20-17/h3,6,11,14-16,18H,2,4-5,7-10,12-13H2,1H3. The quantitative estimate of drug-likeness (QED) is 0.820. The highest BCUT2D eigenvalue weighted by Gasteiger charge is 2.29. The van der Waals surface area contributed by atoms with Crippen LogP contribution in [0.3, 0.4) is 0 Å². The topological polar surface area (TPSA) is 15.3 Å². The molecule has 0 saturated heterocycles. The molecular weight excluding hydrogens is 264 g/mol. The Kier molecular flexibility index (Phi) is 5.14. The van der Waals surface area contributed by atoms with Crippen LogP contribution in [0, 0.1) is 5.92 Å². The van der Waals surface area contributed by atoms with Gasteiger partial charge < -0.3 is 5.32 Å². The minimum absolute atomic E-state index is 0.779. The maximum absolute atomic E-state index is 3.81. The first kappa shape index (κ1) is 14.6. The van der Waals surface area contributed by atoms with Crippen molar-refractivity contribution < 1.29 is 0 Å². The predicted octanol–water partition coefficient (Wildman–Crippen LogP) is 3.88. The van der Waals surface area contributed by atoms with E-state index in [1.165, 1.54) is 56.5 Å². The Morgan fingerprint density at radius 3 is 2.90 bits per heavy atom. The van der Waals surface area contributed by atoms with E-state index < -0.39 is 0 Å². The van der Waals surface area contributed by atoms with Crippen LogP contribution in [0.2, 0.25) is 0 Å². The van der Waals surface area contributed by atoms with E-state index in [9.17, 15) is 0 Å². The van der Waals surface area contributed by atoms with E-state index in [1.807, 2.05) is 11.3 Å². The monoisotopic (exact) mass is 292 g/mol. The lowest BCUT2D eigenvalue weighted by Crippen LogP contribution is -2.39. The number of thiophene rings is 1. The predicted molar refractivity (Wildman–Crippen MR) is 87.2 cm³/mol. The fourth-order valence-corrected chi connectivity index (χ4v) is 4.19. The van der Waals surface area contributed by atoms with E-state index in [0.29, 0.717) is 0 Å². The van der Waals surface area contributed by atoms with Crippen LogP contribution in [-0.4, -0.2) is 30.1 Å². The summed E-state index contributed by atoms with van der Waals surface area (Å²) in [6.07, 6.45) is 8.44. The summed E-state index contributed by atoms with van der Waals surface area (Å²) in [5.74, 6) is 0.923. The van der Waals surface area contributed by atoms with E-state index in [1.54, 1.807) is 0 Å². The third kappa shape index (κ3) is 4.31. The number of rotatable bonds is 7. The van der Waals surface area contributed by atoms with E-state index in [0.717, 1.165) is 24.5 Å². The number of hydrogen-bond acceptors (Lipinski definition) is 3. The van der Waals surface area contributed by atoms with Gasteiger partial charge in [0.15, 0.2) is 0 Å². The molecule has 2 aliphatic rings. The lowest BCUT2D eigenvalue weighted by molar-refractivity contribution is 0.238. The van der Waals surface area contributed by atoms with Crippen LogP contribution in [0.5, 0.6) is 0 Å². The lowest BCUT2D eigenvalue weighted by atomic mass is 9.87. The van der Waals surface area contributed by atoms with Gasteiger partial charge in [-0.3, -0.25) is 4.90 Å². The van der Waals surface area contributed by atoms with Gasteiger partial charge in [-0.2, -0.15) is 0 Å². The molecule has 0 radical (unpaired) electrons. The van der Waals surface area contributed by atoms with Crippen molar-refractivity contribution >= 4 is 11.3 Å². The maximum Gasteiger partial charge on any atom is 0.0331 e. The largest absolute Gasteiger partial charge is 0.313 e. The Labute approximate surface area is 127 Å². The molecule has 0 aromatic carbocycles. The van der Waals surface area contributed by atoms with Crippen molar-refractivity contribution in [1.82, 2.24) is 10.2 Å². The fourth-order valence-electron chi connectivity index (χ4n) is 3.46. The summed E-state index contributed by atoms with van der Waals surface area (Å²) in [6.45, 7) is 5.94. The third-order valence-electron chi connectivity index (χ3n) is 4.77. The van der Waals surface area contributed by atoms with Crippen molar-refractivity contribution in [3.63, 3.8) is 0 Å². The highest BCUT2D eigenvalue weighted by molar-refractivity contribution is 7.09. The van der Waals surface area contributed by atoms with Crippen LogP contribution in [0.4, 0.5) is 0 Å². The van der Waals surface area contributed by atoms with Crippen molar-refractivity contribution in [1.29, 1.82) is 0 Å². The van der Waals surface area contributed by atoms with Crippen molar-refractivity contribution in [2.45, 2.75) is 64.1 Å². The highest BCUT2D eigenvalue weighted by Crippen LogP contribution is 2.29. The summed E-state index contributed by atoms with van der Waals surface area (Å²) < 4.78 is 0. The molecule has 2 atom stereocenters. The van der Waals surface area contributed by atoms with Crippen LogP contribution < -0.4 is 5.32 Å². The van der Waals surface area contributed by atoms with Gasteiger partial charge in [-0.25, -0.2) is 0 Å². The number of nitrogens with zero attached hydrogens (tertiary/aromatic N) is 1. The molecule has 3 heteroatoms. The number of hydrogen-bond donors (Lipinski definition) is 1. The normalized spacial score (nSPS) is 27.1. The van der Waals surface area contributed by atoms with Crippen LogP contribution >= 0.6 is 11.3 Å². The van der Waals surface area contributed by atoms with Crippen LogP contribution in [0.1, 0.15) is 50.3 Å². The zero-order chi connectivity index (χ0) is 13.8. The zero-order valence-corrected chi connectivity index (χ0v) is 13.5. The summed E-state index contributed by atoms with van der Waals surface area (Å²) in [4.78, 5) is 4.20. The summed E-state index contributed by atoms with van der Waals surface area (Å²) >= 11 is 1.90. The molecule has 1 aromatic heterocycles. The van der Waals surface area contributed by atoms with Gasteiger partial charge >= 0.3 is 0 Å². The van der Waals surface area contributed by atoms with Crippen LogP contribution in [-0.2, 0) is 6.54 Å². The Balaban J connectivity index is 1.41. The minimum atomic E-state index is 0.779. The van der Waals surface area contributed by atoms with Gasteiger partial charge in [0.05, 0.1) is 0 Å². The summed E-state index contributed by atoms with van der Waals surface area (Å²) in [5, 5.41) is 6.00. The van der Waals surface area contributed by atoms with Gasteiger partial charge in [-0.15, -0.1) is 11.3 Å². The average Bonchev–Trinajstić information content (AvgIpc) is 3.16.